The van der Waals surface area contributed by atoms with Gasteiger partial charge in [0.2, 0.25) is 0 Å². The Labute approximate surface area is 133 Å². The Morgan fingerprint density at radius 2 is 1.71 bits per heavy atom. The van der Waals surface area contributed by atoms with E-state index in [0.29, 0.717) is 5.75 Å². The summed E-state index contributed by atoms with van der Waals surface area (Å²) in [6, 6.07) is 12.9. The van der Waals surface area contributed by atoms with Crippen LogP contribution in [0.4, 0.5) is 4.39 Å². The van der Waals surface area contributed by atoms with Gasteiger partial charge in [-0.15, -0.1) is 0 Å². The highest BCUT2D eigenvalue weighted by atomic mass is 79.9. The van der Waals surface area contributed by atoms with Crippen LogP contribution < -0.4 is 10.1 Å². The van der Waals surface area contributed by atoms with Gasteiger partial charge in [-0.3, -0.25) is 0 Å². The van der Waals surface area contributed by atoms with Crippen molar-refractivity contribution >= 4 is 15.9 Å². The van der Waals surface area contributed by atoms with Gasteiger partial charge < -0.3 is 10.1 Å². The van der Waals surface area contributed by atoms with Crippen LogP contribution in [0.2, 0.25) is 0 Å². The van der Waals surface area contributed by atoms with Crippen LogP contribution in [0.3, 0.4) is 0 Å². The molecule has 0 fully saturated rings. The number of benzene rings is 2. The molecule has 1 N–H and O–H groups in total. The minimum absolute atomic E-state index is 0.0192. The maximum atomic E-state index is 13.5. The molecule has 0 aromatic heterocycles. The fraction of sp³-hybridized carbons (Fsp3) is 0.294. The molecule has 0 spiro atoms. The molecule has 0 aliphatic carbocycles. The van der Waals surface area contributed by atoms with Crippen LogP contribution in [0.15, 0.2) is 46.9 Å². The topological polar surface area (TPSA) is 21.3 Å². The van der Waals surface area contributed by atoms with E-state index >= 15 is 0 Å². The monoisotopic (exact) mass is 351 g/mol. The Morgan fingerprint density at radius 3 is 2.33 bits per heavy atom. The lowest BCUT2D eigenvalue weighted by Crippen LogP contribution is -2.23. The molecule has 0 bridgehead atoms. The van der Waals surface area contributed by atoms with Crippen molar-refractivity contribution in [1.82, 2.24) is 5.32 Å². The van der Waals surface area contributed by atoms with Crippen LogP contribution in [-0.2, 0) is 0 Å². The van der Waals surface area contributed by atoms with Crippen molar-refractivity contribution in [2.24, 2.45) is 0 Å². The third-order valence-electron chi connectivity index (χ3n) is 3.53. The van der Waals surface area contributed by atoms with E-state index in [4.69, 9.17) is 4.74 Å². The van der Waals surface area contributed by atoms with Crippen molar-refractivity contribution in [1.29, 1.82) is 0 Å². The number of hydrogen-bond donors (Lipinski definition) is 1. The molecular formula is C17H19BrFNO. The molecule has 2 aromatic rings. The van der Waals surface area contributed by atoms with E-state index in [0.717, 1.165) is 10.0 Å². The maximum absolute atomic E-state index is 13.5. The number of ether oxygens (including phenoxy) is 1. The summed E-state index contributed by atoms with van der Waals surface area (Å²) in [6.45, 7) is 4.10. The van der Waals surface area contributed by atoms with Gasteiger partial charge in [0.25, 0.3) is 0 Å². The first-order valence-electron chi connectivity index (χ1n) is 6.86. The zero-order valence-corrected chi connectivity index (χ0v) is 13.9. The first-order chi connectivity index (χ1) is 10.0. The van der Waals surface area contributed by atoms with Gasteiger partial charge in [-0.2, -0.15) is 0 Å². The Bertz CT molecular complexity index is 600. The zero-order valence-electron chi connectivity index (χ0n) is 12.4. The van der Waals surface area contributed by atoms with Crippen LogP contribution in [0.25, 0.3) is 0 Å². The molecule has 0 saturated carbocycles. The van der Waals surface area contributed by atoms with Gasteiger partial charge in [-0.25, -0.2) is 4.39 Å². The number of hydrogen-bond acceptors (Lipinski definition) is 2. The molecule has 0 aliphatic rings. The van der Waals surface area contributed by atoms with Gasteiger partial charge in [0, 0.05) is 22.1 Å². The Balaban J connectivity index is 2.15. The van der Waals surface area contributed by atoms with E-state index in [9.17, 15) is 4.39 Å². The van der Waals surface area contributed by atoms with Gasteiger partial charge in [0.05, 0.1) is 7.11 Å². The third kappa shape index (κ3) is 4.05. The van der Waals surface area contributed by atoms with Crippen molar-refractivity contribution in [2.45, 2.75) is 25.9 Å². The minimum Gasteiger partial charge on any atom is -0.496 e. The van der Waals surface area contributed by atoms with E-state index in [1.807, 2.05) is 19.1 Å². The van der Waals surface area contributed by atoms with Gasteiger partial charge in [0.1, 0.15) is 11.6 Å². The van der Waals surface area contributed by atoms with Crippen molar-refractivity contribution < 1.29 is 9.13 Å². The lowest BCUT2D eigenvalue weighted by molar-refractivity contribution is 0.395. The lowest BCUT2D eigenvalue weighted by atomic mass is 10.0. The van der Waals surface area contributed by atoms with Crippen LogP contribution in [0, 0.1) is 5.82 Å². The SMILES string of the molecule is COc1ccc(F)cc1C(C)NC(C)c1ccc(Br)cc1. The molecule has 2 rings (SSSR count). The molecule has 0 aliphatic heterocycles. The summed E-state index contributed by atoms with van der Waals surface area (Å²) in [5.74, 6) is 0.440. The highest BCUT2D eigenvalue weighted by Crippen LogP contribution is 2.28. The highest BCUT2D eigenvalue weighted by Gasteiger charge is 2.15. The average molecular weight is 352 g/mol. The fourth-order valence-electron chi connectivity index (χ4n) is 2.36. The summed E-state index contributed by atoms with van der Waals surface area (Å²) >= 11 is 3.43. The Kier molecular flexibility index (Phi) is 5.37. The smallest absolute Gasteiger partial charge is 0.123 e. The minimum atomic E-state index is -0.254. The number of nitrogens with one attached hydrogen (secondary N) is 1. The van der Waals surface area contributed by atoms with Crippen molar-refractivity contribution in [3.63, 3.8) is 0 Å². The van der Waals surface area contributed by atoms with E-state index in [-0.39, 0.29) is 17.9 Å². The molecule has 2 atom stereocenters. The largest absolute Gasteiger partial charge is 0.496 e. The molecule has 112 valence electrons. The fourth-order valence-corrected chi connectivity index (χ4v) is 2.62. The second kappa shape index (κ2) is 7.05. The average Bonchev–Trinajstić information content (AvgIpc) is 2.47. The summed E-state index contributed by atoms with van der Waals surface area (Å²) < 4.78 is 19.8. The molecular weight excluding hydrogens is 333 g/mol. The number of methoxy groups -OCH3 is 1. The second-order valence-electron chi connectivity index (χ2n) is 5.05. The molecule has 2 aromatic carbocycles. The first-order valence-corrected chi connectivity index (χ1v) is 7.65. The van der Waals surface area contributed by atoms with Crippen LogP contribution in [-0.4, -0.2) is 7.11 Å². The van der Waals surface area contributed by atoms with Crippen molar-refractivity contribution in [3.8, 4) is 5.75 Å². The quantitative estimate of drug-likeness (QED) is 0.817. The second-order valence-corrected chi connectivity index (χ2v) is 5.96. The first kappa shape index (κ1) is 16.0. The molecule has 0 radical (unpaired) electrons. The predicted molar refractivity (Wildman–Crippen MR) is 87.1 cm³/mol. The standard InChI is InChI=1S/C17H19BrFNO/c1-11(13-4-6-14(18)7-5-13)20-12(2)16-10-15(19)8-9-17(16)21-3/h4-12,20H,1-3H3. The molecule has 2 unspecified atom stereocenters. The molecule has 4 heteroatoms. The van der Waals surface area contributed by atoms with Gasteiger partial charge in [-0.1, -0.05) is 28.1 Å². The molecule has 2 nitrogen and oxygen atoms in total. The summed E-state index contributed by atoms with van der Waals surface area (Å²) in [5, 5.41) is 3.47. The Hall–Kier alpha value is -1.39. The van der Waals surface area contributed by atoms with Crippen LogP contribution in [0.5, 0.6) is 5.75 Å². The van der Waals surface area contributed by atoms with E-state index in [1.165, 1.54) is 17.7 Å². The summed E-state index contributed by atoms with van der Waals surface area (Å²) in [4.78, 5) is 0. The van der Waals surface area contributed by atoms with Gasteiger partial charge in [0.15, 0.2) is 0 Å². The number of rotatable bonds is 5. The van der Waals surface area contributed by atoms with Crippen molar-refractivity contribution in [2.75, 3.05) is 7.11 Å². The Morgan fingerprint density at radius 1 is 1.05 bits per heavy atom. The third-order valence-corrected chi connectivity index (χ3v) is 4.06. The summed E-state index contributed by atoms with van der Waals surface area (Å²) in [7, 11) is 1.60. The van der Waals surface area contributed by atoms with Crippen LogP contribution >= 0.6 is 15.9 Å². The normalized spacial score (nSPS) is 13.8. The highest BCUT2D eigenvalue weighted by molar-refractivity contribution is 9.10. The van der Waals surface area contributed by atoms with Gasteiger partial charge >= 0.3 is 0 Å². The summed E-state index contributed by atoms with van der Waals surface area (Å²) in [5.41, 5.74) is 2.00. The summed E-state index contributed by atoms with van der Waals surface area (Å²) in [6.07, 6.45) is 0. The molecule has 21 heavy (non-hydrogen) atoms. The van der Waals surface area contributed by atoms with E-state index in [2.05, 4.69) is 40.3 Å². The number of halogens is 2. The lowest BCUT2D eigenvalue weighted by Gasteiger charge is -2.22. The van der Waals surface area contributed by atoms with Crippen LogP contribution in [0.1, 0.15) is 37.1 Å². The molecule has 0 amide bonds. The van der Waals surface area contributed by atoms with E-state index < -0.39 is 0 Å². The maximum Gasteiger partial charge on any atom is 0.123 e. The zero-order chi connectivity index (χ0) is 15.4. The molecule has 0 heterocycles. The van der Waals surface area contributed by atoms with Gasteiger partial charge in [-0.05, 0) is 49.7 Å². The van der Waals surface area contributed by atoms with Crippen molar-refractivity contribution in [3.05, 3.63) is 63.9 Å². The predicted octanol–water partition coefficient (Wildman–Crippen LogP) is 5.01. The van der Waals surface area contributed by atoms with E-state index in [1.54, 1.807) is 13.2 Å². The molecule has 0 saturated heterocycles.